The molecule has 1 aromatic rings. The minimum atomic E-state index is -0.297. The highest BCUT2D eigenvalue weighted by atomic mass is 35.5. The lowest BCUT2D eigenvalue weighted by molar-refractivity contribution is 0.0941. The van der Waals surface area contributed by atoms with Crippen LogP contribution in [0, 0.1) is 0 Å². The van der Waals surface area contributed by atoms with Crippen molar-refractivity contribution in [1.82, 2.24) is 10.6 Å². The summed E-state index contributed by atoms with van der Waals surface area (Å²) in [5.74, 6) is -0.297. The molecular weight excluding hydrogens is 280 g/mol. The first-order valence-electron chi connectivity index (χ1n) is 6.38. The number of hydrogen-bond donors (Lipinski definition) is 3. The molecule has 0 aliphatic carbocycles. The lowest BCUT2D eigenvalue weighted by atomic mass is 10.1. The van der Waals surface area contributed by atoms with E-state index in [4.69, 9.17) is 17.3 Å². The summed E-state index contributed by atoms with van der Waals surface area (Å²) in [5, 5.41) is 5.80. The molecule has 3 amide bonds. The third kappa shape index (κ3) is 3.02. The number of carbonyl (C=O) groups is 2. The summed E-state index contributed by atoms with van der Waals surface area (Å²) in [5.41, 5.74) is 6.46. The van der Waals surface area contributed by atoms with Gasteiger partial charge in [0, 0.05) is 31.4 Å². The second-order valence-corrected chi connectivity index (χ2v) is 5.07. The largest absolute Gasteiger partial charge is 0.348 e. The lowest BCUT2D eigenvalue weighted by Crippen LogP contribution is -2.38. The van der Waals surface area contributed by atoms with E-state index in [0.29, 0.717) is 35.9 Å². The maximum Gasteiger partial charge on any atom is 0.321 e. The van der Waals surface area contributed by atoms with Gasteiger partial charge in [0.1, 0.15) is 0 Å². The number of halogens is 1. The third-order valence-electron chi connectivity index (χ3n) is 3.09. The molecule has 1 fully saturated rings. The first-order chi connectivity index (χ1) is 9.52. The minimum Gasteiger partial charge on any atom is -0.348 e. The Hall–Kier alpha value is -1.79. The Bertz CT molecular complexity index is 535. The molecule has 4 N–H and O–H groups in total. The molecule has 0 bridgehead atoms. The Balaban J connectivity index is 2.24. The van der Waals surface area contributed by atoms with Gasteiger partial charge in [0.25, 0.3) is 5.91 Å². The number of nitrogens with one attached hydrogen (secondary N) is 2. The van der Waals surface area contributed by atoms with Crippen LogP contribution in [0.3, 0.4) is 0 Å². The maximum atomic E-state index is 12.1. The first kappa shape index (κ1) is 14.6. The Morgan fingerprint density at radius 1 is 1.60 bits per heavy atom. The summed E-state index contributed by atoms with van der Waals surface area (Å²) >= 11 is 6.05. The van der Waals surface area contributed by atoms with Crippen LogP contribution in [0.4, 0.5) is 10.5 Å². The van der Waals surface area contributed by atoms with E-state index in [0.717, 1.165) is 0 Å². The molecule has 6 nitrogen and oxygen atoms in total. The van der Waals surface area contributed by atoms with E-state index in [2.05, 4.69) is 10.6 Å². The number of benzene rings is 1. The smallest absolute Gasteiger partial charge is 0.321 e. The fraction of sp³-hybridized carbons (Fsp3) is 0.385. The van der Waals surface area contributed by atoms with Crippen LogP contribution in [-0.4, -0.2) is 37.6 Å². The monoisotopic (exact) mass is 296 g/mol. The third-order valence-corrected chi connectivity index (χ3v) is 3.42. The fourth-order valence-electron chi connectivity index (χ4n) is 1.93. The molecule has 20 heavy (non-hydrogen) atoms. The van der Waals surface area contributed by atoms with Crippen molar-refractivity contribution in [2.75, 3.05) is 24.5 Å². The zero-order valence-electron chi connectivity index (χ0n) is 11.1. The van der Waals surface area contributed by atoms with Crippen molar-refractivity contribution in [2.45, 2.75) is 13.0 Å². The molecule has 0 aromatic heterocycles. The summed E-state index contributed by atoms with van der Waals surface area (Å²) < 4.78 is 0. The van der Waals surface area contributed by atoms with Gasteiger partial charge in [-0.15, -0.1) is 0 Å². The van der Waals surface area contributed by atoms with Crippen LogP contribution in [0.15, 0.2) is 18.2 Å². The zero-order valence-corrected chi connectivity index (χ0v) is 11.9. The Morgan fingerprint density at radius 3 is 2.95 bits per heavy atom. The van der Waals surface area contributed by atoms with E-state index in [1.54, 1.807) is 23.1 Å². The van der Waals surface area contributed by atoms with Crippen molar-refractivity contribution >= 4 is 29.2 Å². The molecule has 0 spiro atoms. The van der Waals surface area contributed by atoms with Crippen molar-refractivity contribution in [3.05, 3.63) is 28.8 Å². The van der Waals surface area contributed by atoms with Crippen LogP contribution in [0.25, 0.3) is 0 Å². The first-order valence-corrected chi connectivity index (χ1v) is 6.76. The molecular formula is C13H17ClN4O2. The van der Waals surface area contributed by atoms with E-state index < -0.39 is 0 Å². The van der Waals surface area contributed by atoms with Gasteiger partial charge in [-0.1, -0.05) is 11.6 Å². The topological polar surface area (TPSA) is 87.5 Å². The van der Waals surface area contributed by atoms with Gasteiger partial charge in [0.05, 0.1) is 10.6 Å². The van der Waals surface area contributed by atoms with Crippen LogP contribution in [-0.2, 0) is 0 Å². The predicted molar refractivity (Wildman–Crippen MR) is 78.2 cm³/mol. The Morgan fingerprint density at radius 2 is 2.35 bits per heavy atom. The van der Waals surface area contributed by atoms with Crippen molar-refractivity contribution in [2.24, 2.45) is 5.73 Å². The Labute approximate surface area is 122 Å². The van der Waals surface area contributed by atoms with E-state index in [1.165, 1.54) is 0 Å². The standard InChI is InChI=1S/C13H17ClN4O2/c1-8(7-15)17-12(19)10-6-9(2-3-11(10)14)18-5-4-16-13(18)20/h2-3,6,8H,4-5,7,15H2,1H3,(H,16,20)(H,17,19)/t8-/m0/s1. The second kappa shape index (κ2) is 6.11. The normalized spacial score (nSPS) is 15.9. The van der Waals surface area contributed by atoms with E-state index >= 15 is 0 Å². The van der Waals surface area contributed by atoms with Crippen molar-refractivity contribution in [1.29, 1.82) is 0 Å². The summed E-state index contributed by atoms with van der Waals surface area (Å²) in [6.45, 7) is 3.31. The van der Waals surface area contributed by atoms with E-state index in [9.17, 15) is 9.59 Å². The number of anilines is 1. The van der Waals surface area contributed by atoms with Gasteiger partial charge in [0.2, 0.25) is 0 Å². The van der Waals surface area contributed by atoms with Gasteiger partial charge >= 0.3 is 6.03 Å². The SMILES string of the molecule is C[C@@H](CN)NC(=O)c1cc(N2CCNC2=O)ccc1Cl. The molecule has 0 unspecified atom stereocenters. The van der Waals surface area contributed by atoms with Gasteiger partial charge in [-0.05, 0) is 25.1 Å². The van der Waals surface area contributed by atoms with Gasteiger partial charge in [-0.2, -0.15) is 0 Å². The molecule has 1 heterocycles. The van der Waals surface area contributed by atoms with Gasteiger partial charge in [-0.25, -0.2) is 4.79 Å². The highest BCUT2D eigenvalue weighted by molar-refractivity contribution is 6.34. The van der Waals surface area contributed by atoms with Gasteiger partial charge in [0.15, 0.2) is 0 Å². The number of hydrogen-bond acceptors (Lipinski definition) is 3. The van der Waals surface area contributed by atoms with Crippen LogP contribution in [0.1, 0.15) is 17.3 Å². The fourth-order valence-corrected chi connectivity index (χ4v) is 2.14. The molecule has 2 rings (SSSR count). The van der Waals surface area contributed by atoms with E-state index in [1.807, 2.05) is 6.92 Å². The molecule has 0 saturated carbocycles. The number of nitrogens with zero attached hydrogens (tertiary/aromatic N) is 1. The molecule has 1 aromatic carbocycles. The predicted octanol–water partition coefficient (Wildman–Crippen LogP) is 0.947. The number of urea groups is 1. The average Bonchev–Trinajstić information content (AvgIpc) is 2.85. The highest BCUT2D eigenvalue weighted by Crippen LogP contribution is 2.24. The second-order valence-electron chi connectivity index (χ2n) is 4.66. The lowest BCUT2D eigenvalue weighted by Gasteiger charge is -2.17. The maximum absolute atomic E-state index is 12.1. The summed E-state index contributed by atoms with van der Waals surface area (Å²) in [4.78, 5) is 25.3. The van der Waals surface area contributed by atoms with Crippen molar-refractivity contribution in [3.8, 4) is 0 Å². The molecule has 108 valence electrons. The minimum absolute atomic E-state index is 0.141. The molecule has 7 heteroatoms. The zero-order chi connectivity index (χ0) is 14.7. The van der Waals surface area contributed by atoms with Crippen molar-refractivity contribution in [3.63, 3.8) is 0 Å². The summed E-state index contributed by atoms with van der Waals surface area (Å²) in [6.07, 6.45) is 0. The molecule has 1 aliphatic rings. The average molecular weight is 297 g/mol. The molecule has 1 saturated heterocycles. The van der Waals surface area contributed by atoms with Gasteiger partial charge < -0.3 is 16.4 Å². The van der Waals surface area contributed by atoms with Crippen molar-refractivity contribution < 1.29 is 9.59 Å². The number of carbonyl (C=O) groups excluding carboxylic acids is 2. The van der Waals surface area contributed by atoms with Crippen LogP contribution in [0.2, 0.25) is 5.02 Å². The number of nitrogens with two attached hydrogens (primary N) is 1. The van der Waals surface area contributed by atoms with Crippen LogP contribution in [0.5, 0.6) is 0 Å². The molecule has 0 radical (unpaired) electrons. The van der Waals surface area contributed by atoms with E-state index in [-0.39, 0.29) is 18.0 Å². The molecule has 1 atom stereocenters. The number of rotatable bonds is 4. The van der Waals surface area contributed by atoms with Crippen LogP contribution < -0.4 is 21.3 Å². The number of amides is 3. The van der Waals surface area contributed by atoms with Crippen LogP contribution >= 0.6 is 11.6 Å². The molecule has 1 aliphatic heterocycles. The summed E-state index contributed by atoms with van der Waals surface area (Å²) in [6, 6.07) is 4.64. The summed E-state index contributed by atoms with van der Waals surface area (Å²) in [7, 11) is 0. The van der Waals surface area contributed by atoms with Gasteiger partial charge in [-0.3, -0.25) is 9.69 Å². The Kier molecular flexibility index (Phi) is 4.46. The highest BCUT2D eigenvalue weighted by Gasteiger charge is 2.23. The quantitative estimate of drug-likeness (QED) is 0.773.